The summed E-state index contributed by atoms with van der Waals surface area (Å²) in [5.41, 5.74) is 5.28. The summed E-state index contributed by atoms with van der Waals surface area (Å²) in [7, 11) is 3.40. The number of pyridine rings is 1. The molecule has 0 aliphatic carbocycles. The molecule has 174 valence electrons. The van der Waals surface area contributed by atoms with E-state index in [2.05, 4.69) is 39.7 Å². The molecule has 0 amide bonds. The molecule has 8 heteroatoms. The largest absolute Gasteiger partial charge is 0.495 e. The van der Waals surface area contributed by atoms with Crippen LogP contribution in [0.3, 0.4) is 0 Å². The molecule has 0 spiro atoms. The van der Waals surface area contributed by atoms with Crippen LogP contribution in [0.25, 0.3) is 5.69 Å². The summed E-state index contributed by atoms with van der Waals surface area (Å²) in [5, 5.41) is 4.92. The van der Waals surface area contributed by atoms with E-state index in [1.54, 1.807) is 14.2 Å². The van der Waals surface area contributed by atoms with Crippen molar-refractivity contribution in [3.05, 3.63) is 76.3 Å². The topological polar surface area (TPSA) is 51.5 Å². The van der Waals surface area contributed by atoms with Gasteiger partial charge in [-0.1, -0.05) is 17.7 Å². The quantitative estimate of drug-likeness (QED) is 0.352. The Labute approximate surface area is 205 Å². The van der Waals surface area contributed by atoms with E-state index in [-0.39, 0.29) is 12.1 Å². The van der Waals surface area contributed by atoms with Crippen LogP contribution in [0, 0.1) is 13.8 Å². The maximum absolute atomic E-state index is 6.35. The number of aromatic nitrogens is 2. The SMILES string of the molecule is COCCCN1C(=S)N[C@@H](c2ccccn2)[C@@H]1c1cc(C)n(-c2cc(Cl)ccc2OC)c1C. The highest BCUT2D eigenvalue weighted by atomic mass is 35.5. The van der Waals surface area contributed by atoms with Crippen molar-refractivity contribution in [2.75, 3.05) is 27.4 Å². The fourth-order valence-electron chi connectivity index (χ4n) is 4.66. The third-order valence-electron chi connectivity index (χ3n) is 6.12. The monoisotopic (exact) mass is 484 g/mol. The second-order valence-electron chi connectivity index (χ2n) is 8.14. The first-order valence-electron chi connectivity index (χ1n) is 11.0. The number of benzene rings is 1. The predicted octanol–water partition coefficient (Wildman–Crippen LogP) is 5.16. The van der Waals surface area contributed by atoms with Gasteiger partial charge in [-0.15, -0.1) is 0 Å². The number of methoxy groups -OCH3 is 2. The van der Waals surface area contributed by atoms with Gasteiger partial charge in [0.1, 0.15) is 5.75 Å². The van der Waals surface area contributed by atoms with Gasteiger partial charge in [0.05, 0.1) is 30.6 Å². The van der Waals surface area contributed by atoms with Crippen molar-refractivity contribution in [1.82, 2.24) is 19.8 Å². The van der Waals surface area contributed by atoms with Crippen LogP contribution in [-0.2, 0) is 4.74 Å². The molecule has 1 fully saturated rings. The number of ether oxygens (including phenoxy) is 2. The van der Waals surface area contributed by atoms with Gasteiger partial charge in [-0.25, -0.2) is 0 Å². The third kappa shape index (κ3) is 4.58. The van der Waals surface area contributed by atoms with Crippen LogP contribution in [0.2, 0.25) is 5.02 Å². The lowest BCUT2D eigenvalue weighted by Gasteiger charge is -2.28. The predicted molar refractivity (Wildman–Crippen MR) is 135 cm³/mol. The molecule has 2 atom stereocenters. The smallest absolute Gasteiger partial charge is 0.170 e. The molecule has 3 heterocycles. The standard InChI is InChI=1S/C25H29ClN4O2S/c1-16-14-19(17(2)30(16)21-15-18(26)9-10-22(21)32-4)24-23(20-8-5-6-11-27-20)28-25(33)29(24)12-7-13-31-3/h5-6,8-11,14-15,23-24H,7,12-13H2,1-4H3,(H,28,33)/t23-,24-/m0/s1. The lowest BCUT2D eigenvalue weighted by Crippen LogP contribution is -2.31. The third-order valence-corrected chi connectivity index (χ3v) is 6.70. The molecule has 3 aromatic rings. The number of thiocarbonyl (C=S) groups is 1. The molecule has 0 saturated carbocycles. The molecule has 0 bridgehead atoms. The molecule has 6 nitrogen and oxygen atoms in total. The lowest BCUT2D eigenvalue weighted by atomic mass is 9.96. The molecule has 1 N–H and O–H groups in total. The Kier molecular flexibility index (Phi) is 7.22. The molecule has 1 aliphatic rings. The van der Waals surface area contributed by atoms with E-state index in [0.29, 0.717) is 11.6 Å². The summed E-state index contributed by atoms with van der Waals surface area (Å²) in [5.74, 6) is 0.769. The maximum Gasteiger partial charge on any atom is 0.170 e. The highest BCUT2D eigenvalue weighted by Gasteiger charge is 2.41. The number of hydrogen-bond acceptors (Lipinski definition) is 4. The average Bonchev–Trinajstić information content (AvgIpc) is 3.29. The van der Waals surface area contributed by atoms with E-state index in [0.717, 1.165) is 46.6 Å². The molecule has 1 saturated heterocycles. The summed E-state index contributed by atoms with van der Waals surface area (Å²) < 4.78 is 13.1. The van der Waals surface area contributed by atoms with E-state index in [1.807, 2.05) is 42.6 Å². The fourth-order valence-corrected chi connectivity index (χ4v) is 5.16. The highest BCUT2D eigenvalue weighted by molar-refractivity contribution is 7.80. The van der Waals surface area contributed by atoms with Crippen molar-refractivity contribution in [2.45, 2.75) is 32.4 Å². The van der Waals surface area contributed by atoms with Gasteiger partial charge >= 0.3 is 0 Å². The molecule has 4 rings (SSSR count). The fraction of sp³-hybridized carbons (Fsp3) is 0.360. The Bertz CT molecular complexity index is 1130. The van der Waals surface area contributed by atoms with Crippen LogP contribution in [0.4, 0.5) is 0 Å². The van der Waals surface area contributed by atoms with Crippen molar-refractivity contribution in [3.8, 4) is 11.4 Å². The molecule has 33 heavy (non-hydrogen) atoms. The summed E-state index contributed by atoms with van der Waals surface area (Å²) in [6.07, 6.45) is 2.70. The van der Waals surface area contributed by atoms with Gasteiger partial charge < -0.3 is 24.3 Å². The minimum Gasteiger partial charge on any atom is -0.495 e. The number of aryl methyl sites for hydroxylation is 1. The van der Waals surface area contributed by atoms with Gasteiger partial charge in [-0.3, -0.25) is 4.98 Å². The van der Waals surface area contributed by atoms with Crippen molar-refractivity contribution in [2.24, 2.45) is 0 Å². The molecule has 2 aromatic heterocycles. The van der Waals surface area contributed by atoms with E-state index in [4.69, 9.17) is 33.3 Å². The van der Waals surface area contributed by atoms with Crippen LogP contribution >= 0.6 is 23.8 Å². The lowest BCUT2D eigenvalue weighted by molar-refractivity contribution is 0.180. The number of nitrogens with zero attached hydrogens (tertiary/aromatic N) is 3. The van der Waals surface area contributed by atoms with Crippen molar-refractivity contribution in [1.29, 1.82) is 0 Å². The zero-order chi connectivity index (χ0) is 23.5. The van der Waals surface area contributed by atoms with Crippen LogP contribution in [0.15, 0.2) is 48.7 Å². The first-order valence-corrected chi connectivity index (χ1v) is 11.7. The van der Waals surface area contributed by atoms with Crippen molar-refractivity contribution >= 4 is 28.9 Å². The Balaban J connectivity index is 1.82. The number of rotatable bonds is 8. The van der Waals surface area contributed by atoms with E-state index >= 15 is 0 Å². The van der Waals surface area contributed by atoms with Gasteiger partial charge in [0.25, 0.3) is 0 Å². The first kappa shape index (κ1) is 23.5. The van der Waals surface area contributed by atoms with Gasteiger partial charge in [0, 0.05) is 42.9 Å². The minimum absolute atomic E-state index is 0.00520. The van der Waals surface area contributed by atoms with Crippen LogP contribution < -0.4 is 10.1 Å². The van der Waals surface area contributed by atoms with Crippen molar-refractivity contribution < 1.29 is 9.47 Å². The number of halogens is 1. The molecular formula is C25H29ClN4O2S. The van der Waals surface area contributed by atoms with Crippen LogP contribution in [0.1, 0.15) is 41.1 Å². The molecule has 0 radical (unpaired) electrons. The Morgan fingerprint density at radius 1 is 1.15 bits per heavy atom. The summed E-state index contributed by atoms with van der Waals surface area (Å²) in [6.45, 7) is 5.70. The van der Waals surface area contributed by atoms with E-state index in [1.165, 1.54) is 5.56 Å². The summed E-state index contributed by atoms with van der Waals surface area (Å²) in [4.78, 5) is 6.90. The van der Waals surface area contributed by atoms with Crippen molar-refractivity contribution in [3.63, 3.8) is 0 Å². The minimum atomic E-state index is -0.0588. The van der Waals surface area contributed by atoms with Crippen LogP contribution in [-0.4, -0.2) is 46.9 Å². The average molecular weight is 485 g/mol. The maximum atomic E-state index is 6.35. The Morgan fingerprint density at radius 3 is 2.67 bits per heavy atom. The molecule has 1 aliphatic heterocycles. The van der Waals surface area contributed by atoms with E-state index < -0.39 is 0 Å². The normalized spacial score (nSPS) is 18.0. The molecular weight excluding hydrogens is 456 g/mol. The van der Waals surface area contributed by atoms with Crippen LogP contribution in [0.5, 0.6) is 5.75 Å². The van der Waals surface area contributed by atoms with E-state index in [9.17, 15) is 0 Å². The zero-order valence-corrected chi connectivity index (χ0v) is 20.9. The van der Waals surface area contributed by atoms with Gasteiger partial charge in [-0.05, 0) is 74.4 Å². The summed E-state index contributed by atoms with van der Waals surface area (Å²) >= 11 is 12.1. The Morgan fingerprint density at radius 2 is 1.97 bits per heavy atom. The summed E-state index contributed by atoms with van der Waals surface area (Å²) in [6, 6.07) is 13.8. The van der Waals surface area contributed by atoms with Gasteiger partial charge in [0.15, 0.2) is 5.11 Å². The number of hydrogen-bond donors (Lipinski definition) is 1. The van der Waals surface area contributed by atoms with Gasteiger partial charge in [0.2, 0.25) is 0 Å². The molecule has 1 aromatic carbocycles. The second kappa shape index (κ2) is 10.1. The first-order chi connectivity index (χ1) is 16.0. The zero-order valence-electron chi connectivity index (χ0n) is 19.3. The second-order valence-corrected chi connectivity index (χ2v) is 8.97. The highest BCUT2D eigenvalue weighted by Crippen LogP contribution is 2.42. The van der Waals surface area contributed by atoms with Gasteiger partial charge in [-0.2, -0.15) is 0 Å². The molecule has 0 unspecified atom stereocenters. The Hall–Kier alpha value is -2.61. The number of nitrogens with one attached hydrogen (secondary N) is 1.